The first kappa shape index (κ1) is 12.9. The summed E-state index contributed by atoms with van der Waals surface area (Å²) >= 11 is 1.74. The zero-order chi connectivity index (χ0) is 13.8. The van der Waals surface area contributed by atoms with Crippen LogP contribution >= 0.6 is 11.8 Å². The molecule has 3 nitrogen and oxygen atoms in total. The monoisotopic (exact) mass is 281 g/mol. The van der Waals surface area contributed by atoms with E-state index < -0.39 is 0 Å². The van der Waals surface area contributed by atoms with Crippen LogP contribution in [0.4, 0.5) is 0 Å². The van der Waals surface area contributed by atoms with Gasteiger partial charge in [-0.2, -0.15) is 0 Å². The molecule has 0 aliphatic rings. The number of rotatable bonds is 4. The van der Waals surface area contributed by atoms with Gasteiger partial charge in [0.2, 0.25) is 0 Å². The predicted molar refractivity (Wildman–Crippen MR) is 82.8 cm³/mol. The van der Waals surface area contributed by atoms with Crippen LogP contribution in [0.5, 0.6) is 0 Å². The van der Waals surface area contributed by atoms with Gasteiger partial charge in [-0.15, -0.1) is 11.8 Å². The van der Waals surface area contributed by atoms with Gasteiger partial charge in [-0.05, 0) is 30.5 Å². The first-order valence-corrected chi connectivity index (χ1v) is 7.65. The molecule has 0 saturated carbocycles. The molecule has 0 amide bonds. The van der Waals surface area contributed by atoms with E-state index in [0.29, 0.717) is 0 Å². The molecule has 1 aromatic carbocycles. The lowest BCUT2D eigenvalue weighted by Crippen LogP contribution is -2.02. The van der Waals surface area contributed by atoms with Gasteiger partial charge in [0.15, 0.2) is 0 Å². The van der Waals surface area contributed by atoms with E-state index in [1.54, 1.807) is 11.8 Å². The maximum Gasteiger partial charge on any atom is 0.140 e. The smallest absolute Gasteiger partial charge is 0.140 e. The van der Waals surface area contributed by atoms with E-state index >= 15 is 0 Å². The van der Waals surface area contributed by atoms with Crippen molar-refractivity contribution in [2.75, 3.05) is 6.26 Å². The maximum absolute atomic E-state index is 4.47. The number of imidazole rings is 1. The van der Waals surface area contributed by atoms with Crippen LogP contribution in [0.15, 0.2) is 66.0 Å². The molecule has 0 spiro atoms. The molecule has 0 bridgehead atoms. The summed E-state index contributed by atoms with van der Waals surface area (Å²) in [6.45, 7) is 0.737. The van der Waals surface area contributed by atoms with Crippen LogP contribution in [0.2, 0.25) is 0 Å². The summed E-state index contributed by atoms with van der Waals surface area (Å²) in [6, 6.07) is 14.4. The number of nitrogens with zero attached hydrogens (tertiary/aromatic N) is 3. The predicted octanol–water partition coefficient (Wildman–Crippen LogP) is 3.72. The summed E-state index contributed by atoms with van der Waals surface area (Å²) in [5.74, 6) is 0.975. The summed E-state index contributed by atoms with van der Waals surface area (Å²) in [4.78, 5) is 10.1. The number of benzene rings is 1. The average molecular weight is 281 g/mol. The van der Waals surface area contributed by atoms with Gasteiger partial charge in [0.25, 0.3) is 0 Å². The van der Waals surface area contributed by atoms with E-state index in [2.05, 4.69) is 45.1 Å². The normalized spacial score (nSPS) is 10.7. The molecule has 4 heteroatoms. The number of thioether (sulfide) groups is 1. The minimum atomic E-state index is 0.737. The van der Waals surface area contributed by atoms with Crippen molar-refractivity contribution in [3.05, 3.63) is 66.7 Å². The zero-order valence-corrected chi connectivity index (χ0v) is 12.0. The fourth-order valence-electron chi connectivity index (χ4n) is 2.10. The summed E-state index contributed by atoms with van der Waals surface area (Å²) < 4.78 is 2.12. The number of hydrogen-bond acceptors (Lipinski definition) is 3. The zero-order valence-electron chi connectivity index (χ0n) is 11.2. The van der Waals surface area contributed by atoms with E-state index in [1.807, 2.05) is 36.8 Å². The third-order valence-corrected chi connectivity index (χ3v) is 3.87. The Hall–Kier alpha value is -2.07. The van der Waals surface area contributed by atoms with Crippen molar-refractivity contribution in [3.8, 4) is 11.4 Å². The molecule has 20 heavy (non-hydrogen) atoms. The maximum atomic E-state index is 4.47. The molecule has 3 rings (SSSR count). The highest BCUT2D eigenvalue weighted by atomic mass is 32.2. The Morgan fingerprint density at radius 1 is 1.00 bits per heavy atom. The quantitative estimate of drug-likeness (QED) is 0.683. The molecule has 0 aliphatic heterocycles. The van der Waals surface area contributed by atoms with Crippen molar-refractivity contribution in [2.24, 2.45) is 0 Å². The Morgan fingerprint density at radius 2 is 1.85 bits per heavy atom. The first-order valence-electron chi connectivity index (χ1n) is 6.42. The topological polar surface area (TPSA) is 30.7 Å². The third kappa shape index (κ3) is 2.75. The lowest BCUT2D eigenvalue weighted by atomic mass is 10.2. The number of aromatic nitrogens is 3. The van der Waals surface area contributed by atoms with Gasteiger partial charge < -0.3 is 4.57 Å². The molecule has 2 heterocycles. The van der Waals surface area contributed by atoms with E-state index in [-0.39, 0.29) is 0 Å². The van der Waals surface area contributed by atoms with Crippen LogP contribution in [0, 0.1) is 0 Å². The van der Waals surface area contributed by atoms with Crippen molar-refractivity contribution in [3.63, 3.8) is 0 Å². The lowest BCUT2D eigenvalue weighted by molar-refractivity contribution is 0.782. The van der Waals surface area contributed by atoms with Gasteiger partial charge >= 0.3 is 0 Å². The fraction of sp³-hybridized carbons (Fsp3) is 0.125. The van der Waals surface area contributed by atoms with E-state index in [0.717, 1.165) is 23.6 Å². The van der Waals surface area contributed by atoms with Crippen molar-refractivity contribution >= 4 is 11.8 Å². The van der Waals surface area contributed by atoms with E-state index in [1.165, 1.54) is 4.90 Å². The molecule has 0 atom stereocenters. The molecular formula is C16H15N3S. The molecule has 0 N–H and O–H groups in total. The molecule has 2 aromatic heterocycles. The highest BCUT2D eigenvalue weighted by Gasteiger charge is 2.06. The Morgan fingerprint density at radius 3 is 2.55 bits per heavy atom. The van der Waals surface area contributed by atoms with Gasteiger partial charge in [-0.1, -0.05) is 18.2 Å². The van der Waals surface area contributed by atoms with Gasteiger partial charge in [0, 0.05) is 29.0 Å². The van der Waals surface area contributed by atoms with E-state index in [4.69, 9.17) is 0 Å². The largest absolute Gasteiger partial charge is 0.325 e. The van der Waals surface area contributed by atoms with Gasteiger partial charge in [0.05, 0.1) is 12.2 Å². The van der Waals surface area contributed by atoms with Crippen LogP contribution in [-0.4, -0.2) is 20.8 Å². The number of pyridine rings is 1. The minimum Gasteiger partial charge on any atom is -0.325 e. The second kappa shape index (κ2) is 5.92. The molecule has 3 aromatic rings. The van der Waals surface area contributed by atoms with Crippen LogP contribution in [0.25, 0.3) is 11.4 Å². The molecular weight excluding hydrogens is 266 g/mol. The molecule has 100 valence electrons. The number of hydrogen-bond donors (Lipinski definition) is 0. The van der Waals surface area contributed by atoms with Crippen LogP contribution in [0.3, 0.4) is 0 Å². The summed E-state index contributed by atoms with van der Waals surface area (Å²) in [5.41, 5.74) is 2.16. The minimum absolute atomic E-state index is 0.737. The summed E-state index contributed by atoms with van der Waals surface area (Å²) in [6.07, 6.45) is 7.73. The Bertz CT molecular complexity index is 674. The SMILES string of the molecule is CSc1ccc(-c2nccn2Cc2ccccn2)cc1. The van der Waals surface area contributed by atoms with Gasteiger partial charge in [-0.25, -0.2) is 4.98 Å². The van der Waals surface area contributed by atoms with Crippen LogP contribution < -0.4 is 0 Å². The first-order chi connectivity index (χ1) is 9.86. The van der Waals surface area contributed by atoms with Crippen LogP contribution in [-0.2, 0) is 6.54 Å². The van der Waals surface area contributed by atoms with Crippen molar-refractivity contribution in [1.29, 1.82) is 0 Å². The third-order valence-electron chi connectivity index (χ3n) is 3.12. The fourth-order valence-corrected chi connectivity index (χ4v) is 2.51. The van der Waals surface area contributed by atoms with Crippen LogP contribution in [0.1, 0.15) is 5.69 Å². The van der Waals surface area contributed by atoms with Gasteiger partial charge in [-0.3, -0.25) is 4.98 Å². The Labute approximate surface area is 122 Å². The van der Waals surface area contributed by atoms with E-state index in [9.17, 15) is 0 Å². The molecule has 0 saturated heterocycles. The van der Waals surface area contributed by atoms with Crippen molar-refractivity contribution in [1.82, 2.24) is 14.5 Å². The molecule has 0 aliphatic carbocycles. The Balaban J connectivity index is 1.89. The molecule has 0 fully saturated rings. The highest BCUT2D eigenvalue weighted by molar-refractivity contribution is 7.98. The second-order valence-electron chi connectivity index (χ2n) is 4.43. The lowest BCUT2D eigenvalue weighted by Gasteiger charge is -2.08. The van der Waals surface area contributed by atoms with Gasteiger partial charge in [0.1, 0.15) is 5.82 Å². The second-order valence-corrected chi connectivity index (χ2v) is 5.31. The summed E-state index contributed by atoms with van der Waals surface area (Å²) in [7, 11) is 0. The van der Waals surface area contributed by atoms with Crippen molar-refractivity contribution < 1.29 is 0 Å². The molecule has 0 radical (unpaired) electrons. The Kier molecular flexibility index (Phi) is 3.83. The molecule has 0 unspecified atom stereocenters. The summed E-state index contributed by atoms with van der Waals surface area (Å²) in [5, 5.41) is 0. The highest BCUT2D eigenvalue weighted by Crippen LogP contribution is 2.22. The van der Waals surface area contributed by atoms with Crippen molar-refractivity contribution in [2.45, 2.75) is 11.4 Å². The average Bonchev–Trinajstić information content (AvgIpc) is 2.96. The standard InChI is InChI=1S/C16H15N3S/c1-20-15-7-5-13(6-8-15)16-18-10-11-19(16)12-14-4-2-3-9-17-14/h2-11H,12H2,1H3.